The first-order chi connectivity index (χ1) is 13.7. The first kappa shape index (κ1) is 20.7. The molecule has 9 heteroatoms. The van der Waals surface area contributed by atoms with Gasteiger partial charge in [-0.2, -0.15) is 0 Å². The number of pyridine rings is 1. The molecule has 0 saturated carbocycles. The Hall–Kier alpha value is -3.04. The Balaban J connectivity index is 1.73. The van der Waals surface area contributed by atoms with Crippen LogP contribution in [0, 0.1) is 10.1 Å². The molecule has 152 valence electrons. The van der Waals surface area contributed by atoms with Crippen LogP contribution in [0.5, 0.6) is 0 Å². The Morgan fingerprint density at radius 1 is 1.03 bits per heavy atom. The van der Waals surface area contributed by atoms with Crippen molar-refractivity contribution in [3.05, 3.63) is 76.1 Å². The second-order valence-electron chi connectivity index (χ2n) is 7.01. The minimum absolute atomic E-state index is 0.0132. The molecule has 0 amide bonds. The number of benzene rings is 2. The molecule has 1 aromatic heterocycles. The average Bonchev–Trinajstić information content (AvgIpc) is 2.65. The zero-order valence-electron chi connectivity index (χ0n) is 16.1. The van der Waals surface area contributed by atoms with E-state index in [-0.39, 0.29) is 17.5 Å². The van der Waals surface area contributed by atoms with Crippen molar-refractivity contribution in [3.8, 4) is 0 Å². The topological polar surface area (TPSA) is 114 Å². The largest absolute Gasteiger partial charge is 0.380 e. The van der Waals surface area contributed by atoms with Crippen LogP contribution < -0.4 is 10.0 Å². The third-order valence-electron chi connectivity index (χ3n) is 4.27. The van der Waals surface area contributed by atoms with E-state index in [1.54, 1.807) is 44.3 Å². The summed E-state index contributed by atoms with van der Waals surface area (Å²) in [5.74, 6) is -0.0706. The van der Waals surface area contributed by atoms with Gasteiger partial charge in [0.25, 0.3) is 5.69 Å². The predicted molar refractivity (Wildman–Crippen MR) is 113 cm³/mol. The number of non-ortho nitro benzene ring substituents is 1. The van der Waals surface area contributed by atoms with Crippen LogP contribution in [-0.2, 0) is 22.3 Å². The molecule has 0 aliphatic heterocycles. The first-order valence-corrected chi connectivity index (χ1v) is 10.7. The number of rotatable bonds is 8. The van der Waals surface area contributed by atoms with Gasteiger partial charge in [0.05, 0.1) is 16.1 Å². The number of nitrogens with zero attached hydrogens (tertiary/aromatic N) is 2. The van der Waals surface area contributed by atoms with Crippen LogP contribution in [-0.4, -0.2) is 24.4 Å². The standard InChI is InChI=1S/C20H22N4O4S/c1-14(2)23-29(27,28)13-16-5-3-15(4-6-16)11-22-19-7-8-20(24(25)26)18-12-21-10-9-17(18)19/h3-10,12,14,22-23H,11,13H2,1-2H3. The van der Waals surface area contributed by atoms with Crippen LogP contribution in [0.15, 0.2) is 54.9 Å². The number of fused-ring (bicyclic) bond motifs is 1. The van der Waals surface area contributed by atoms with E-state index in [1.165, 1.54) is 12.3 Å². The Bertz CT molecular complexity index is 1130. The number of nitro benzene ring substituents is 1. The summed E-state index contributed by atoms with van der Waals surface area (Å²) in [4.78, 5) is 14.8. The monoisotopic (exact) mass is 414 g/mol. The number of anilines is 1. The molecular formula is C20H22N4O4S. The highest BCUT2D eigenvalue weighted by molar-refractivity contribution is 7.88. The van der Waals surface area contributed by atoms with E-state index >= 15 is 0 Å². The maximum Gasteiger partial charge on any atom is 0.278 e. The van der Waals surface area contributed by atoms with Crippen molar-refractivity contribution in [2.24, 2.45) is 0 Å². The van der Waals surface area contributed by atoms with Gasteiger partial charge in [-0.3, -0.25) is 15.1 Å². The molecule has 0 aliphatic rings. The quantitative estimate of drug-likeness (QED) is 0.430. The van der Waals surface area contributed by atoms with Crippen LogP contribution in [0.4, 0.5) is 11.4 Å². The molecule has 2 aromatic carbocycles. The molecule has 3 aromatic rings. The molecule has 0 unspecified atom stereocenters. The summed E-state index contributed by atoms with van der Waals surface area (Å²) in [7, 11) is -3.36. The highest BCUT2D eigenvalue weighted by Gasteiger charge is 2.15. The Morgan fingerprint density at radius 3 is 2.38 bits per heavy atom. The average molecular weight is 414 g/mol. The van der Waals surface area contributed by atoms with Gasteiger partial charge < -0.3 is 5.32 Å². The molecule has 0 saturated heterocycles. The van der Waals surface area contributed by atoms with Gasteiger partial charge in [0.15, 0.2) is 0 Å². The minimum Gasteiger partial charge on any atom is -0.380 e. The van der Waals surface area contributed by atoms with Crippen molar-refractivity contribution in [1.29, 1.82) is 0 Å². The number of nitrogens with one attached hydrogen (secondary N) is 2. The third kappa shape index (κ3) is 5.27. The second kappa shape index (κ2) is 8.54. The fourth-order valence-electron chi connectivity index (χ4n) is 3.06. The maximum absolute atomic E-state index is 12.0. The predicted octanol–water partition coefficient (Wildman–Crippen LogP) is 3.58. The van der Waals surface area contributed by atoms with Gasteiger partial charge in [-0.15, -0.1) is 0 Å². The number of hydrogen-bond acceptors (Lipinski definition) is 6. The number of nitro groups is 1. The smallest absolute Gasteiger partial charge is 0.278 e. The Labute approximate surface area is 169 Å². The van der Waals surface area contributed by atoms with E-state index in [4.69, 9.17) is 0 Å². The van der Waals surface area contributed by atoms with Crippen molar-refractivity contribution in [3.63, 3.8) is 0 Å². The lowest BCUT2D eigenvalue weighted by Gasteiger charge is -2.11. The number of hydrogen-bond donors (Lipinski definition) is 2. The molecule has 1 heterocycles. The lowest BCUT2D eigenvalue weighted by atomic mass is 10.1. The molecule has 8 nitrogen and oxygen atoms in total. The van der Waals surface area contributed by atoms with Gasteiger partial charge in [0, 0.05) is 42.1 Å². The van der Waals surface area contributed by atoms with Gasteiger partial charge in [0.2, 0.25) is 10.0 Å². The van der Waals surface area contributed by atoms with Crippen LogP contribution in [0.1, 0.15) is 25.0 Å². The lowest BCUT2D eigenvalue weighted by molar-refractivity contribution is -0.383. The van der Waals surface area contributed by atoms with E-state index in [0.29, 0.717) is 17.5 Å². The molecular weight excluding hydrogens is 392 g/mol. The molecule has 0 radical (unpaired) electrons. The van der Waals surface area contributed by atoms with Crippen molar-refractivity contribution in [1.82, 2.24) is 9.71 Å². The number of aromatic nitrogens is 1. The Kier molecular flexibility index (Phi) is 6.09. The van der Waals surface area contributed by atoms with E-state index in [9.17, 15) is 18.5 Å². The van der Waals surface area contributed by atoms with E-state index < -0.39 is 14.9 Å². The second-order valence-corrected chi connectivity index (χ2v) is 8.77. The van der Waals surface area contributed by atoms with E-state index in [0.717, 1.165) is 16.6 Å². The van der Waals surface area contributed by atoms with Gasteiger partial charge in [-0.1, -0.05) is 24.3 Å². The highest BCUT2D eigenvalue weighted by Crippen LogP contribution is 2.30. The van der Waals surface area contributed by atoms with Crippen molar-refractivity contribution in [2.75, 3.05) is 5.32 Å². The van der Waals surface area contributed by atoms with Crippen LogP contribution >= 0.6 is 0 Å². The molecule has 3 rings (SSSR count). The van der Waals surface area contributed by atoms with Crippen molar-refractivity contribution in [2.45, 2.75) is 32.2 Å². The molecule has 0 spiro atoms. The molecule has 0 aliphatic carbocycles. The minimum atomic E-state index is -3.36. The summed E-state index contributed by atoms with van der Waals surface area (Å²) in [6, 6.07) is 12.0. The summed E-state index contributed by atoms with van der Waals surface area (Å²) in [5, 5.41) is 15.7. The Morgan fingerprint density at radius 2 is 1.72 bits per heavy atom. The summed E-state index contributed by atoms with van der Waals surface area (Å²) in [6.07, 6.45) is 3.08. The van der Waals surface area contributed by atoms with Gasteiger partial charge >= 0.3 is 0 Å². The van der Waals surface area contributed by atoms with E-state index in [1.807, 2.05) is 12.1 Å². The van der Waals surface area contributed by atoms with Gasteiger partial charge in [-0.25, -0.2) is 13.1 Å². The fourth-order valence-corrected chi connectivity index (χ4v) is 4.49. The molecule has 0 atom stereocenters. The zero-order valence-corrected chi connectivity index (χ0v) is 16.9. The van der Waals surface area contributed by atoms with Crippen LogP contribution in [0.25, 0.3) is 10.8 Å². The van der Waals surface area contributed by atoms with Crippen molar-refractivity contribution < 1.29 is 13.3 Å². The summed E-state index contributed by atoms with van der Waals surface area (Å²) in [6.45, 7) is 4.06. The normalized spacial score (nSPS) is 11.7. The number of sulfonamides is 1. The summed E-state index contributed by atoms with van der Waals surface area (Å²) < 4.78 is 26.6. The fraction of sp³-hybridized carbons (Fsp3) is 0.250. The molecule has 0 fully saturated rings. The zero-order chi connectivity index (χ0) is 21.0. The first-order valence-electron chi connectivity index (χ1n) is 9.08. The van der Waals surface area contributed by atoms with Gasteiger partial charge in [-0.05, 0) is 37.1 Å². The molecule has 29 heavy (non-hydrogen) atoms. The highest BCUT2D eigenvalue weighted by atomic mass is 32.2. The molecule has 2 N–H and O–H groups in total. The summed E-state index contributed by atoms with van der Waals surface area (Å²) >= 11 is 0. The van der Waals surface area contributed by atoms with Crippen molar-refractivity contribution >= 4 is 32.2 Å². The van der Waals surface area contributed by atoms with Crippen LogP contribution in [0.3, 0.4) is 0 Å². The third-order valence-corrected chi connectivity index (χ3v) is 5.81. The van der Waals surface area contributed by atoms with Gasteiger partial charge in [0.1, 0.15) is 0 Å². The summed E-state index contributed by atoms with van der Waals surface area (Å²) in [5.41, 5.74) is 2.44. The van der Waals surface area contributed by atoms with E-state index in [2.05, 4.69) is 15.0 Å². The lowest BCUT2D eigenvalue weighted by Crippen LogP contribution is -2.31. The SMILES string of the molecule is CC(C)NS(=O)(=O)Cc1ccc(CNc2ccc([N+](=O)[O-])c3cnccc23)cc1. The van der Waals surface area contributed by atoms with Crippen LogP contribution in [0.2, 0.25) is 0 Å². The maximum atomic E-state index is 12.0. The molecule has 0 bridgehead atoms.